The first-order valence-electron chi connectivity index (χ1n) is 9.05. The van der Waals surface area contributed by atoms with Crippen molar-refractivity contribution in [3.8, 4) is 0 Å². The molecule has 10 heteroatoms. The van der Waals surface area contributed by atoms with Crippen molar-refractivity contribution in [2.75, 3.05) is 0 Å². The lowest BCUT2D eigenvalue weighted by Crippen LogP contribution is -2.41. The fourth-order valence-electron chi connectivity index (χ4n) is 3.11. The number of nitro benzene ring substituents is 1. The third kappa shape index (κ3) is 5.08. The normalized spacial score (nSPS) is 12.5. The zero-order valence-corrected chi connectivity index (χ0v) is 17.7. The van der Waals surface area contributed by atoms with E-state index in [0.29, 0.717) is 16.1 Å². The minimum absolute atomic E-state index is 0.0930. The van der Waals surface area contributed by atoms with Crippen LogP contribution in [0.5, 0.6) is 0 Å². The maximum atomic E-state index is 13.5. The van der Waals surface area contributed by atoms with Crippen molar-refractivity contribution in [3.05, 3.63) is 105 Å². The molecule has 0 fully saturated rings. The molecule has 0 aliphatic rings. The first-order chi connectivity index (χ1) is 14.7. The highest BCUT2D eigenvalue weighted by Gasteiger charge is 2.36. The quantitative estimate of drug-likeness (QED) is 0.406. The molecule has 0 aliphatic carbocycles. The molecule has 2 N–H and O–H groups in total. The van der Waals surface area contributed by atoms with E-state index in [0.717, 1.165) is 4.31 Å². The lowest BCUT2D eigenvalue weighted by Gasteiger charge is -2.29. The van der Waals surface area contributed by atoms with E-state index in [1.807, 2.05) is 0 Å². The average Bonchev–Trinajstić information content (AvgIpc) is 2.74. The Labute approximate surface area is 184 Å². The van der Waals surface area contributed by atoms with Gasteiger partial charge in [-0.3, -0.25) is 14.9 Å². The van der Waals surface area contributed by atoms with Crippen LogP contribution in [-0.4, -0.2) is 23.6 Å². The van der Waals surface area contributed by atoms with Crippen molar-refractivity contribution in [3.63, 3.8) is 0 Å². The predicted molar refractivity (Wildman–Crippen MR) is 116 cm³/mol. The minimum Gasteiger partial charge on any atom is -0.368 e. The maximum Gasteiger partial charge on any atom is 0.269 e. The number of non-ortho nitro benzene ring substituents is 1. The number of carbonyl (C=O) groups excluding carboxylic acids is 1. The highest BCUT2D eigenvalue weighted by molar-refractivity contribution is 7.89. The summed E-state index contributed by atoms with van der Waals surface area (Å²) in [5.74, 6) is -0.880. The van der Waals surface area contributed by atoms with Crippen molar-refractivity contribution in [1.29, 1.82) is 0 Å². The van der Waals surface area contributed by atoms with Gasteiger partial charge in [0.05, 0.1) is 9.82 Å². The van der Waals surface area contributed by atoms with Crippen LogP contribution in [0.2, 0.25) is 5.02 Å². The van der Waals surface area contributed by atoms with Crippen LogP contribution in [0.1, 0.15) is 17.2 Å². The molecule has 0 saturated carbocycles. The number of nitrogens with zero attached hydrogens (tertiary/aromatic N) is 2. The Kier molecular flexibility index (Phi) is 6.69. The van der Waals surface area contributed by atoms with Gasteiger partial charge in [0.25, 0.3) is 5.69 Å². The standard InChI is InChI=1S/C21H18ClN3O5S/c22-17-9-11-19(12-10-17)31(29,30)24(14-15-5-4-8-18(13-15)25(27)28)20(21(23)26)16-6-2-1-3-7-16/h1-13,20H,14H2,(H2,23,26)/t20-/m1/s1. The van der Waals surface area contributed by atoms with Crippen molar-refractivity contribution >= 4 is 33.2 Å². The molecule has 0 unspecified atom stereocenters. The molecule has 160 valence electrons. The Balaban J connectivity index is 2.15. The van der Waals surface area contributed by atoms with E-state index >= 15 is 0 Å². The van der Waals surface area contributed by atoms with Gasteiger partial charge >= 0.3 is 0 Å². The van der Waals surface area contributed by atoms with E-state index < -0.39 is 26.9 Å². The van der Waals surface area contributed by atoms with E-state index in [1.165, 1.54) is 42.5 Å². The van der Waals surface area contributed by atoms with E-state index in [1.54, 1.807) is 36.4 Å². The Morgan fingerprint density at radius 1 is 1.03 bits per heavy atom. The second-order valence-electron chi connectivity index (χ2n) is 6.65. The number of carbonyl (C=O) groups is 1. The SMILES string of the molecule is NC(=O)[C@@H](c1ccccc1)N(Cc1cccc([N+](=O)[O-])c1)S(=O)(=O)c1ccc(Cl)cc1. The molecule has 1 atom stereocenters. The number of hydrogen-bond acceptors (Lipinski definition) is 5. The van der Waals surface area contributed by atoms with E-state index in [-0.39, 0.29) is 17.1 Å². The van der Waals surface area contributed by atoms with Crippen LogP contribution in [0.15, 0.2) is 83.8 Å². The summed E-state index contributed by atoms with van der Waals surface area (Å²) in [5.41, 5.74) is 6.13. The van der Waals surface area contributed by atoms with Crippen molar-refractivity contribution < 1.29 is 18.1 Å². The monoisotopic (exact) mass is 459 g/mol. The van der Waals surface area contributed by atoms with Gasteiger partial charge in [-0.15, -0.1) is 0 Å². The molecule has 1 amide bonds. The predicted octanol–water partition coefficient (Wildman–Crippen LogP) is 3.67. The summed E-state index contributed by atoms with van der Waals surface area (Å²) in [5, 5.41) is 11.5. The second-order valence-corrected chi connectivity index (χ2v) is 8.97. The number of nitro groups is 1. The first-order valence-corrected chi connectivity index (χ1v) is 10.9. The molecule has 3 rings (SSSR count). The number of hydrogen-bond donors (Lipinski definition) is 1. The van der Waals surface area contributed by atoms with Crippen molar-refractivity contribution in [1.82, 2.24) is 4.31 Å². The smallest absolute Gasteiger partial charge is 0.269 e. The van der Waals surface area contributed by atoms with Gasteiger partial charge in [0.2, 0.25) is 15.9 Å². The van der Waals surface area contributed by atoms with Crippen LogP contribution in [0.4, 0.5) is 5.69 Å². The van der Waals surface area contributed by atoms with Crippen LogP contribution in [0, 0.1) is 10.1 Å². The topological polar surface area (TPSA) is 124 Å². The molecule has 0 aromatic heterocycles. The largest absolute Gasteiger partial charge is 0.368 e. The number of nitrogens with two attached hydrogens (primary N) is 1. The van der Waals surface area contributed by atoms with Crippen molar-refractivity contribution in [2.24, 2.45) is 5.73 Å². The molecular formula is C21H18ClN3O5S. The molecule has 8 nitrogen and oxygen atoms in total. The molecule has 3 aromatic rings. The maximum absolute atomic E-state index is 13.5. The Morgan fingerprint density at radius 3 is 2.26 bits per heavy atom. The Morgan fingerprint density at radius 2 is 1.68 bits per heavy atom. The van der Waals surface area contributed by atoms with Crippen molar-refractivity contribution in [2.45, 2.75) is 17.5 Å². The number of amides is 1. The number of primary amides is 1. The highest BCUT2D eigenvalue weighted by atomic mass is 35.5. The first kappa shape index (κ1) is 22.4. The number of sulfonamides is 1. The lowest BCUT2D eigenvalue weighted by molar-refractivity contribution is -0.384. The fourth-order valence-corrected chi connectivity index (χ4v) is 4.81. The van der Waals surface area contributed by atoms with Crippen LogP contribution in [0.3, 0.4) is 0 Å². The third-order valence-electron chi connectivity index (χ3n) is 4.55. The second kappa shape index (κ2) is 9.25. The molecule has 0 heterocycles. The summed E-state index contributed by atoms with van der Waals surface area (Å²) in [6, 6.07) is 17.9. The van der Waals surface area contributed by atoms with Gasteiger partial charge in [0.1, 0.15) is 6.04 Å². The lowest BCUT2D eigenvalue weighted by atomic mass is 10.1. The van der Waals surface area contributed by atoms with Gasteiger partial charge < -0.3 is 5.73 Å². The van der Waals surface area contributed by atoms with Gasteiger partial charge in [0.15, 0.2) is 0 Å². The van der Waals surface area contributed by atoms with Crippen LogP contribution >= 0.6 is 11.6 Å². The molecule has 31 heavy (non-hydrogen) atoms. The van der Waals surface area contributed by atoms with Crippen LogP contribution in [-0.2, 0) is 21.4 Å². The molecule has 0 saturated heterocycles. The van der Waals surface area contributed by atoms with Gasteiger partial charge in [-0.2, -0.15) is 4.31 Å². The molecule has 0 aliphatic heterocycles. The van der Waals surface area contributed by atoms with E-state index in [9.17, 15) is 23.3 Å². The summed E-state index contributed by atoms with van der Waals surface area (Å²) in [6.45, 7) is -0.310. The summed E-state index contributed by atoms with van der Waals surface area (Å²) in [7, 11) is -4.24. The highest BCUT2D eigenvalue weighted by Crippen LogP contribution is 2.31. The van der Waals surface area contributed by atoms with E-state index in [2.05, 4.69) is 0 Å². The Hall–Kier alpha value is -3.27. The van der Waals surface area contributed by atoms with Crippen LogP contribution < -0.4 is 5.73 Å². The Bertz CT molecular complexity index is 1200. The van der Waals surface area contributed by atoms with Gasteiger partial charge in [-0.1, -0.05) is 54.1 Å². The van der Waals surface area contributed by atoms with Gasteiger partial charge in [0, 0.05) is 23.7 Å². The molecule has 0 bridgehead atoms. The van der Waals surface area contributed by atoms with Gasteiger partial charge in [-0.25, -0.2) is 8.42 Å². The molecule has 3 aromatic carbocycles. The number of benzene rings is 3. The molecule has 0 radical (unpaired) electrons. The zero-order chi connectivity index (χ0) is 22.6. The summed E-state index contributed by atoms with van der Waals surface area (Å²) < 4.78 is 28.0. The third-order valence-corrected chi connectivity index (χ3v) is 6.63. The number of rotatable bonds is 8. The fraction of sp³-hybridized carbons (Fsp3) is 0.0952. The summed E-state index contributed by atoms with van der Waals surface area (Å²) in [4.78, 5) is 22.9. The van der Waals surface area contributed by atoms with Crippen LogP contribution in [0.25, 0.3) is 0 Å². The van der Waals surface area contributed by atoms with Gasteiger partial charge in [-0.05, 0) is 35.4 Å². The number of halogens is 1. The van der Waals surface area contributed by atoms with E-state index in [4.69, 9.17) is 17.3 Å². The summed E-state index contributed by atoms with van der Waals surface area (Å²) in [6.07, 6.45) is 0. The molecule has 0 spiro atoms. The minimum atomic E-state index is -4.24. The average molecular weight is 460 g/mol. The summed E-state index contributed by atoms with van der Waals surface area (Å²) >= 11 is 5.88. The molecular weight excluding hydrogens is 442 g/mol. The zero-order valence-electron chi connectivity index (χ0n) is 16.1.